The van der Waals surface area contributed by atoms with Crippen LogP contribution in [0.1, 0.15) is 63.0 Å². The average molecular weight is 302 g/mol. The lowest BCUT2D eigenvalue weighted by atomic mass is 9.58. The fourth-order valence-corrected chi connectivity index (χ4v) is 5.21. The van der Waals surface area contributed by atoms with Crippen LogP contribution in [0.5, 0.6) is 0 Å². The highest BCUT2D eigenvalue weighted by Gasteiger charge is 2.62. The Morgan fingerprint density at radius 2 is 1.64 bits per heavy atom. The Bertz CT molecular complexity index is 531. The third kappa shape index (κ3) is 2.14. The van der Waals surface area contributed by atoms with Crippen molar-refractivity contribution in [2.24, 2.45) is 11.8 Å². The maximum Gasteiger partial charge on any atom is 0.171 e. The van der Waals surface area contributed by atoms with Gasteiger partial charge in [-0.25, -0.2) is 0 Å². The van der Waals surface area contributed by atoms with Gasteiger partial charge in [0.1, 0.15) is 0 Å². The molecule has 2 aliphatic carbocycles. The molecule has 1 aliphatic heterocycles. The Labute approximate surface area is 132 Å². The molecule has 2 N–H and O–H groups in total. The van der Waals surface area contributed by atoms with Gasteiger partial charge in [-0.1, -0.05) is 49.6 Å². The van der Waals surface area contributed by atoms with Crippen molar-refractivity contribution >= 4 is 0 Å². The number of hydrogen-bond acceptors (Lipinski definition) is 3. The summed E-state index contributed by atoms with van der Waals surface area (Å²) in [6.07, 6.45) is 7.40. The summed E-state index contributed by atoms with van der Waals surface area (Å²) >= 11 is 0. The molecule has 5 atom stereocenters. The normalized spacial score (nSPS) is 44.9. The number of rotatable bonds is 1. The summed E-state index contributed by atoms with van der Waals surface area (Å²) in [5, 5.41) is 22.7. The van der Waals surface area contributed by atoms with Crippen LogP contribution in [0.3, 0.4) is 0 Å². The van der Waals surface area contributed by atoms with E-state index in [1.807, 2.05) is 18.2 Å². The Morgan fingerprint density at radius 1 is 0.909 bits per heavy atom. The van der Waals surface area contributed by atoms with Gasteiger partial charge in [-0.3, -0.25) is 0 Å². The fourth-order valence-electron chi connectivity index (χ4n) is 5.21. The SMILES string of the molecule is O[C@@]12CCCC[C@H]1[C@H](c1ccccc1)O[C@]1(O)CCCC[C@@H]21. The molecule has 3 heteroatoms. The molecule has 120 valence electrons. The van der Waals surface area contributed by atoms with E-state index in [-0.39, 0.29) is 17.9 Å². The van der Waals surface area contributed by atoms with Crippen molar-refractivity contribution in [2.75, 3.05) is 0 Å². The molecule has 0 bridgehead atoms. The van der Waals surface area contributed by atoms with Crippen molar-refractivity contribution in [3.8, 4) is 0 Å². The summed E-state index contributed by atoms with van der Waals surface area (Å²) in [6.45, 7) is 0. The van der Waals surface area contributed by atoms with E-state index >= 15 is 0 Å². The van der Waals surface area contributed by atoms with Gasteiger partial charge in [-0.15, -0.1) is 0 Å². The van der Waals surface area contributed by atoms with Crippen molar-refractivity contribution in [3.05, 3.63) is 35.9 Å². The van der Waals surface area contributed by atoms with Gasteiger partial charge in [-0.2, -0.15) is 0 Å². The Kier molecular flexibility index (Phi) is 3.55. The van der Waals surface area contributed by atoms with Gasteiger partial charge in [-0.05, 0) is 31.2 Å². The van der Waals surface area contributed by atoms with Crippen LogP contribution < -0.4 is 0 Å². The zero-order valence-electron chi connectivity index (χ0n) is 13.1. The van der Waals surface area contributed by atoms with Crippen molar-refractivity contribution in [1.29, 1.82) is 0 Å². The molecule has 3 nitrogen and oxygen atoms in total. The summed E-state index contributed by atoms with van der Waals surface area (Å²) in [7, 11) is 0. The minimum atomic E-state index is -1.15. The number of benzene rings is 1. The van der Waals surface area contributed by atoms with Gasteiger partial charge < -0.3 is 14.9 Å². The predicted molar refractivity (Wildman–Crippen MR) is 84.1 cm³/mol. The Hall–Kier alpha value is -0.900. The summed E-state index contributed by atoms with van der Waals surface area (Å²) in [6, 6.07) is 10.1. The first kappa shape index (κ1) is 14.7. The summed E-state index contributed by atoms with van der Waals surface area (Å²) in [5.74, 6) is -1.17. The van der Waals surface area contributed by atoms with Crippen molar-refractivity contribution in [3.63, 3.8) is 0 Å². The topological polar surface area (TPSA) is 49.7 Å². The second-order valence-electron chi connectivity index (χ2n) is 7.44. The molecular weight excluding hydrogens is 276 g/mol. The van der Waals surface area contributed by atoms with Crippen LogP contribution in [0, 0.1) is 11.8 Å². The third-order valence-electron chi connectivity index (χ3n) is 6.23. The van der Waals surface area contributed by atoms with Gasteiger partial charge in [0.2, 0.25) is 0 Å². The highest BCUT2D eigenvalue weighted by molar-refractivity contribution is 5.22. The van der Waals surface area contributed by atoms with Crippen molar-refractivity contribution < 1.29 is 14.9 Å². The van der Waals surface area contributed by atoms with Crippen molar-refractivity contribution in [1.82, 2.24) is 0 Å². The van der Waals surface area contributed by atoms with Crippen LogP contribution in [0.15, 0.2) is 30.3 Å². The first-order valence-corrected chi connectivity index (χ1v) is 8.81. The zero-order chi connectivity index (χ0) is 15.2. The molecule has 3 aliphatic rings. The summed E-state index contributed by atoms with van der Waals surface area (Å²) in [5.41, 5.74) is 0.317. The molecule has 22 heavy (non-hydrogen) atoms. The maximum absolute atomic E-state index is 11.5. The van der Waals surface area contributed by atoms with E-state index in [1.54, 1.807) is 0 Å². The molecule has 0 aromatic heterocycles. The van der Waals surface area contributed by atoms with Crippen LogP contribution in [-0.4, -0.2) is 21.6 Å². The second kappa shape index (κ2) is 5.33. The lowest BCUT2D eigenvalue weighted by molar-refractivity contribution is -0.367. The summed E-state index contributed by atoms with van der Waals surface area (Å²) < 4.78 is 6.29. The van der Waals surface area contributed by atoms with E-state index in [0.717, 1.165) is 50.5 Å². The van der Waals surface area contributed by atoms with E-state index in [9.17, 15) is 10.2 Å². The van der Waals surface area contributed by atoms with Gasteiger partial charge in [0, 0.05) is 18.3 Å². The number of aliphatic hydroxyl groups is 2. The number of ether oxygens (including phenoxy) is 1. The molecule has 0 unspecified atom stereocenters. The molecule has 1 aromatic carbocycles. The lowest BCUT2D eigenvalue weighted by Gasteiger charge is -2.59. The van der Waals surface area contributed by atoms with Crippen LogP contribution in [-0.2, 0) is 4.74 Å². The smallest absolute Gasteiger partial charge is 0.171 e. The monoisotopic (exact) mass is 302 g/mol. The molecular formula is C19H26O3. The lowest BCUT2D eigenvalue weighted by Crippen LogP contribution is -2.65. The molecule has 2 saturated carbocycles. The van der Waals surface area contributed by atoms with Crippen LogP contribution in [0.4, 0.5) is 0 Å². The van der Waals surface area contributed by atoms with Crippen LogP contribution in [0.2, 0.25) is 0 Å². The Balaban J connectivity index is 1.76. The number of fused-ring (bicyclic) bond motifs is 3. The molecule has 0 amide bonds. The number of hydrogen-bond donors (Lipinski definition) is 2. The van der Waals surface area contributed by atoms with Crippen LogP contribution >= 0.6 is 0 Å². The highest BCUT2D eigenvalue weighted by atomic mass is 16.6. The van der Waals surface area contributed by atoms with E-state index < -0.39 is 11.4 Å². The fraction of sp³-hybridized carbons (Fsp3) is 0.684. The van der Waals surface area contributed by atoms with Crippen molar-refractivity contribution in [2.45, 2.75) is 68.9 Å². The third-order valence-corrected chi connectivity index (χ3v) is 6.23. The van der Waals surface area contributed by atoms with Gasteiger partial charge >= 0.3 is 0 Å². The first-order valence-electron chi connectivity index (χ1n) is 8.81. The van der Waals surface area contributed by atoms with Crippen LogP contribution in [0.25, 0.3) is 0 Å². The van der Waals surface area contributed by atoms with E-state index in [2.05, 4.69) is 12.1 Å². The zero-order valence-corrected chi connectivity index (χ0v) is 13.1. The second-order valence-corrected chi connectivity index (χ2v) is 7.44. The molecule has 1 aromatic rings. The minimum Gasteiger partial charge on any atom is -0.389 e. The average Bonchev–Trinajstić information content (AvgIpc) is 2.54. The first-order chi connectivity index (χ1) is 10.6. The summed E-state index contributed by atoms with van der Waals surface area (Å²) in [4.78, 5) is 0. The largest absolute Gasteiger partial charge is 0.389 e. The maximum atomic E-state index is 11.5. The highest BCUT2D eigenvalue weighted by Crippen LogP contribution is 2.58. The van der Waals surface area contributed by atoms with Gasteiger partial charge in [0.05, 0.1) is 11.7 Å². The van der Waals surface area contributed by atoms with E-state index in [0.29, 0.717) is 6.42 Å². The van der Waals surface area contributed by atoms with E-state index in [4.69, 9.17) is 4.74 Å². The molecule has 4 rings (SSSR count). The van der Waals surface area contributed by atoms with Gasteiger partial charge in [0.15, 0.2) is 5.79 Å². The molecule has 0 radical (unpaired) electrons. The van der Waals surface area contributed by atoms with E-state index in [1.165, 1.54) is 0 Å². The predicted octanol–water partition coefficient (Wildman–Crippen LogP) is 3.56. The van der Waals surface area contributed by atoms with Gasteiger partial charge in [0.25, 0.3) is 0 Å². The molecule has 0 spiro atoms. The molecule has 1 saturated heterocycles. The quantitative estimate of drug-likeness (QED) is 0.834. The standard InChI is InChI=1S/C19H26O3/c20-18-12-6-4-10-15(18)17(14-8-2-1-3-9-14)22-19(21)13-7-5-11-16(18)19/h1-3,8-9,15-17,20-21H,4-7,10-13H2/t15-,16-,17-,18-,19+/m0/s1. The molecule has 3 fully saturated rings. The Morgan fingerprint density at radius 3 is 2.45 bits per heavy atom. The minimum absolute atomic E-state index is 0.104. The molecule has 1 heterocycles.